The first-order valence-corrected chi connectivity index (χ1v) is 9.39. The Labute approximate surface area is 155 Å². The van der Waals surface area contributed by atoms with Crippen molar-refractivity contribution < 1.29 is 9.18 Å². The molecule has 0 N–H and O–H groups in total. The van der Waals surface area contributed by atoms with Crippen molar-refractivity contribution in [3.8, 4) is 11.3 Å². The van der Waals surface area contributed by atoms with Crippen LogP contribution in [0.5, 0.6) is 0 Å². The van der Waals surface area contributed by atoms with Crippen LogP contribution in [0.3, 0.4) is 0 Å². The Bertz CT molecular complexity index is 887. The summed E-state index contributed by atoms with van der Waals surface area (Å²) in [5.74, 6) is -0.377. The molecule has 1 aliphatic heterocycles. The van der Waals surface area contributed by atoms with Gasteiger partial charge in [-0.2, -0.15) is 0 Å². The number of hydrogen-bond donors (Lipinski definition) is 0. The number of aromatic nitrogens is 1. The van der Waals surface area contributed by atoms with Gasteiger partial charge in [-0.15, -0.1) is 11.3 Å². The second-order valence-corrected chi connectivity index (χ2v) is 7.00. The molecule has 1 fully saturated rings. The van der Waals surface area contributed by atoms with Crippen molar-refractivity contribution in [1.29, 1.82) is 0 Å². The molecule has 0 saturated carbocycles. The average molecular weight is 367 g/mol. The van der Waals surface area contributed by atoms with Crippen molar-refractivity contribution in [3.05, 3.63) is 71.4 Å². The topological polar surface area (TPSA) is 36.4 Å². The Kier molecular flexibility index (Phi) is 4.67. The molecule has 4 rings (SSSR count). The molecule has 0 aliphatic carbocycles. The van der Waals surface area contributed by atoms with Gasteiger partial charge in [-0.05, 0) is 24.3 Å². The lowest BCUT2D eigenvalue weighted by atomic mass is 10.2. The van der Waals surface area contributed by atoms with E-state index in [0.29, 0.717) is 18.7 Å². The molecule has 3 aromatic rings. The molecular weight excluding hydrogens is 349 g/mol. The smallest absolute Gasteiger partial charge is 0.253 e. The molecule has 6 heteroatoms. The lowest BCUT2D eigenvalue weighted by Gasteiger charge is -2.34. The highest BCUT2D eigenvalue weighted by atomic mass is 32.1. The van der Waals surface area contributed by atoms with Crippen LogP contribution in [0.25, 0.3) is 11.3 Å². The van der Waals surface area contributed by atoms with Crippen LogP contribution in [0, 0.1) is 5.82 Å². The standard InChI is InChI=1S/C20H18FN3OS/c21-17-8-6-16(7-9-17)19(25)23-10-12-24(13-11-23)20-22-18(14-26-20)15-4-2-1-3-5-15/h1-9,14H,10-13H2. The molecule has 0 spiro atoms. The van der Waals surface area contributed by atoms with Gasteiger partial charge in [0.05, 0.1) is 5.69 Å². The molecule has 0 bridgehead atoms. The van der Waals surface area contributed by atoms with Gasteiger partial charge in [0.2, 0.25) is 0 Å². The van der Waals surface area contributed by atoms with Gasteiger partial charge in [0.25, 0.3) is 5.91 Å². The molecule has 2 heterocycles. The van der Waals surface area contributed by atoms with Crippen LogP contribution < -0.4 is 4.90 Å². The molecule has 1 aliphatic rings. The molecule has 2 aromatic carbocycles. The number of hydrogen-bond acceptors (Lipinski definition) is 4. The third-order valence-corrected chi connectivity index (χ3v) is 5.39. The van der Waals surface area contributed by atoms with E-state index in [4.69, 9.17) is 4.98 Å². The van der Waals surface area contributed by atoms with Gasteiger partial charge < -0.3 is 9.80 Å². The number of halogens is 1. The van der Waals surface area contributed by atoms with Crippen molar-refractivity contribution in [3.63, 3.8) is 0 Å². The molecular formula is C20H18FN3OS. The Morgan fingerprint density at radius 1 is 0.962 bits per heavy atom. The first-order valence-electron chi connectivity index (χ1n) is 8.51. The van der Waals surface area contributed by atoms with Crippen LogP contribution >= 0.6 is 11.3 Å². The van der Waals surface area contributed by atoms with Gasteiger partial charge >= 0.3 is 0 Å². The minimum absolute atomic E-state index is 0.0474. The molecule has 0 atom stereocenters. The Morgan fingerprint density at radius 3 is 2.35 bits per heavy atom. The summed E-state index contributed by atoms with van der Waals surface area (Å²) >= 11 is 1.63. The van der Waals surface area contributed by atoms with E-state index in [1.807, 2.05) is 23.1 Å². The highest BCUT2D eigenvalue weighted by molar-refractivity contribution is 7.14. The molecule has 1 saturated heterocycles. The molecule has 1 aromatic heterocycles. The summed E-state index contributed by atoms with van der Waals surface area (Å²) < 4.78 is 13.0. The van der Waals surface area contributed by atoms with Crippen LogP contribution in [0.4, 0.5) is 9.52 Å². The van der Waals surface area contributed by atoms with Crippen LogP contribution in [0.1, 0.15) is 10.4 Å². The normalized spacial score (nSPS) is 14.5. The fourth-order valence-electron chi connectivity index (χ4n) is 3.03. The van der Waals surface area contributed by atoms with E-state index in [2.05, 4.69) is 22.4 Å². The maximum Gasteiger partial charge on any atom is 0.253 e. The Morgan fingerprint density at radius 2 is 1.65 bits per heavy atom. The SMILES string of the molecule is O=C(c1ccc(F)cc1)N1CCN(c2nc(-c3ccccc3)cs2)CC1. The minimum atomic E-state index is -0.329. The molecule has 132 valence electrons. The van der Waals surface area contributed by atoms with Crippen molar-refractivity contribution >= 4 is 22.4 Å². The fraction of sp³-hybridized carbons (Fsp3) is 0.200. The third kappa shape index (κ3) is 3.46. The summed E-state index contributed by atoms with van der Waals surface area (Å²) in [5, 5.41) is 3.05. The van der Waals surface area contributed by atoms with Gasteiger partial charge in [-0.1, -0.05) is 30.3 Å². The molecule has 0 radical (unpaired) electrons. The zero-order chi connectivity index (χ0) is 17.9. The first-order chi connectivity index (χ1) is 12.7. The number of anilines is 1. The number of piperazine rings is 1. The molecule has 4 nitrogen and oxygen atoms in total. The maximum absolute atomic E-state index is 13.0. The lowest BCUT2D eigenvalue weighted by molar-refractivity contribution is 0.0746. The highest BCUT2D eigenvalue weighted by Crippen LogP contribution is 2.28. The number of nitrogens with zero attached hydrogens (tertiary/aromatic N) is 3. The number of thiazole rings is 1. The van der Waals surface area contributed by atoms with Crippen molar-refractivity contribution in [2.45, 2.75) is 0 Å². The minimum Gasteiger partial charge on any atom is -0.345 e. The lowest BCUT2D eigenvalue weighted by Crippen LogP contribution is -2.48. The van der Waals surface area contributed by atoms with Gasteiger partial charge in [-0.25, -0.2) is 9.37 Å². The van der Waals surface area contributed by atoms with Crippen LogP contribution in [0.2, 0.25) is 0 Å². The third-order valence-electron chi connectivity index (χ3n) is 4.49. The van der Waals surface area contributed by atoms with Crippen LogP contribution in [-0.2, 0) is 0 Å². The van der Waals surface area contributed by atoms with Gasteiger partial charge in [0, 0.05) is 42.7 Å². The summed E-state index contributed by atoms with van der Waals surface area (Å²) in [6.45, 7) is 2.76. The highest BCUT2D eigenvalue weighted by Gasteiger charge is 2.23. The monoisotopic (exact) mass is 367 g/mol. The number of amides is 1. The summed E-state index contributed by atoms with van der Waals surface area (Å²) in [6, 6.07) is 15.8. The van der Waals surface area contributed by atoms with E-state index in [1.54, 1.807) is 11.3 Å². The van der Waals surface area contributed by atoms with E-state index >= 15 is 0 Å². The molecule has 0 unspecified atom stereocenters. The Balaban J connectivity index is 1.40. The number of rotatable bonds is 3. The predicted octanol–water partition coefficient (Wildman–Crippen LogP) is 3.91. The fourth-order valence-corrected chi connectivity index (χ4v) is 3.92. The quantitative estimate of drug-likeness (QED) is 0.704. The number of carbonyl (C=O) groups is 1. The summed E-state index contributed by atoms with van der Waals surface area (Å²) in [7, 11) is 0. The predicted molar refractivity (Wildman–Crippen MR) is 102 cm³/mol. The van der Waals surface area contributed by atoms with Crippen LogP contribution in [-0.4, -0.2) is 42.0 Å². The van der Waals surface area contributed by atoms with E-state index in [9.17, 15) is 9.18 Å². The van der Waals surface area contributed by atoms with Gasteiger partial charge in [0.1, 0.15) is 5.82 Å². The average Bonchev–Trinajstić information content (AvgIpc) is 3.19. The van der Waals surface area contributed by atoms with E-state index in [1.165, 1.54) is 24.3 Å². The summed E-state index contributed by atoms with van der Waals surface area (Å²) in [4.78, 5) is 21.3. The molecule has 1 amide bonds. The second-order valence-electron chi connectivity index (χ2n) is 6.17. The Hall–Kier alpha value is -2.73. The van der Waals surface area contributed by atoms with Gasteiger partial charge in [0.15, 0.2) is 5.13 Å². The summed E-state index contributed by atoms with van der Waals surface area (Å²) in [5.41, 5.74) is 2.62. The largest absolute Gasteiger partial charge is 0.345 e. The zero-order valence-corrected chi connectivity index (χ0v) is 15.0. The van der Waals surface area contributed by atoms with Crippen molar-refractivity contribution in [2.24, 2.45) is 0 Å². The van der Waals surface area contributed by atoms with E-state index in [0.717, 1.165) is 29.5 Å². The summed E-state index contributed by atoms with van der Waals surface area (Å²) in [6.07, 6.45) is 0. The van der Waals surface area contributed by atoms with Crippen LogP contribution in [0.15, 0.2) is 60.0 Å². The first kappa shape index (κ1) is 16.7. The second kappa shape index (κ2) is 7.25. The van der Waals surface area contributed by atoms with Crippen molar-refractivity contribution in [2.75, 3.05) is 31.1 Å². The molecule has 26 heavy (non-hydrogen) atoms. The number of benzene rings is 2. The maximum atomic E-state index is 13.0. The number of carbonyl (C=O) groups excluding carboxylic acids is 1. The van der Waals surface area contributed by atoms with Crippen molar-refractivity contribution in [1.82, 2.24) is 9.88 Å². The zero-order valence-electron chi connectivity index (χ0n) is 14.1. The van der Waals surface area contributed by atoms with Gasteiger partial charge in [-0.3, -0.25) is 4.79 Å². The van der Waals surface area contributed by atoms with E-state index in [-0.39, 0.29) is 11.7 Å². The van der Waals surface area contributed by atoms with E-state index < -0.39 is 0 Å².